The third-order valence-corrected chi connectivity index (χ3v) is 5.45. The summed E-state index contributed by atoms with van der Waals surface area (Å²) in [6.07, 6.45) is 7.79. The molecule has 3 rings (SSSR count). The Kier molecular flexibility index (Phi) is 5.70. The number of hydrogen-bond donors (Lipinski definition) is 0. The van der Waals surface area contributed by atoms with Crippen LogP contribution in [0.15, 0.2) is 47.5 Å². The molecule has 132 valence electrons. The lowest BCUT2D eigenvalue weighted by atomic mass is 10.1. The molecular weight excluding hydrogens is 340 g/mol. The van der Waals surface area contributed by atoms with Crippen molar-refractivity contribution < 1.29 is 4.79 Å². The highest BCUT2D eigenvalue weighted by Crippen LogP contribution is 2.19. The maximum Gasteiger partial charge on any atom is 0.252 e. The van der Waals surface area contributed by atoms with Crippen LogP contribution in [0.5, 0.6) is 0 Å². The Hall–Kier alpha value is -2.64. The van der Waals surface area contributed by atoms with Crippen molar-refractivity contribution in [2.24, 2.45) is 4.99 Å². The summed E-state index contributed by atoms with van der Waals surface area (Å²) in [4.78, 5) is 17.5. The fourth-order valence-electron chi connectivity index (χ4n) is 2.88. The number of aromatic nitrogens is 1. The van der Waals surface area contributed by atoms with Gasteiger partial charge in [-0.15, -0.1) is 6.42 Å². The number of thiazole rings is 1. The number of hydrogen-bond acceptors (Lipinski definition) is 2. The number of carbonyl (C=O) groups is 1. The highest BCUT2D eigenvalue weighted by Gasteiger charge is 2.08. The number of aryl methyl sites for hydroxylation is 2. The maximum absolute atomic E-state index is 12.5. The van der Waals surface area contributed by atoms with Gasteiger partial charge in [0.05, 0.1) is 23.2 Å². The van der Waals surface area contributed by atoms with Gasteiger partial charge in [0.15, 0.2) is 4.80 Å². The van der Waals surface area contributed by atoms with Crippen LogP contribution in [0.4, 0.5) is 0 Å². The number of carbonyl (C=O) groups excluding carboxylic acids is 1. The van der Waals surface area contributed by atoms with Crippen LogP contribution in [0.25, 0.3) is 10.2 Å². The van der Waals surface area contributed by atoms with E-state index < -0.39 is 0 Å². The quantitative estimate of drug-likeness (QED) is 0.629. The molecule has 3 aromatic rings. The van der Waals surface area contributed by atoms with Gasteiger partial charge < -0.3 is 4.57 Å². The topological polar surface area (TPSA) is 34.4 Å². The van der Waals surface area contributed by atoms with E-state index in [9.17, 15) is 4.79 Å². The molecule has 26 heavy (non-hydrogen) atoms. The van der Waals surface area contributed by atoms with Crippen LogP contribution >= 0.6 is 11.3 Å². The lowest BCUT2D eigenvalue weighted by Gasteiger charge is -2.01. The molecule has 0 saturated heterocycles. The van der Waals surface area contributed by atoms with Crippen molar-refractivity contribution in [1.82, 2.24) is 4.57 Å². The highest BCUT2D eigenvalue weighted by atomic mass is 32.1. The minimum atomic E-state index is -0.151. The fourth-order valence-corrected chi connectivity index (χ4v) is 3.99. The van der Waals surface area contributed by atoms with Gasteiger partial charge in [-0.05, 0) is 41.7 Å². The lowest BCUT2D eigenvalue weighted by molar-refractivity contribution is -0.117. The molecule has 2 aromatic carbocycles. The number of terminal acetylenes is 1. The second-order valence-electron chi connectivity index (χ2n) is 6.18. The third-order valence-electron chi connectivity index (χ3n) is 4.41. The number of amides is 1. The number of rotatable bonds is 5. The fraction of sp³-hybridized carbons (Fsp3) is 0.273. The predicted octanol–water partition coefficient (Wildman–Crippen LogP) is 4.13. The summed E-state index contributed by atoms with van der Waals surface area (Å²) in [5.41, 5.74) is 4.54. The lowest BCUT2D eigenvalue weighted by Crippen LogP contribution is -2.17. The van der Waals surface area contributed by atoms with Gasteiger partial charge >= 0.3 is 0 Å². The summed E-state index contributed by atoms with van der Waals surface area (Å²) >= 11 is 1.52. The molecular formula is C22H22N2OS. The van der Waals surface area contributed by atoms with Gasteiger partial charge in [-0.3, -0.25) is 4.79 Å². The van der Waals surface area contributed by atoms with Crippen molar-refractivity contribution in [3.05, 3.63) is 64.0 Å². The highest BCUT2D eigenvalue weighted by molar-refractivity contribution is 7.16. The van der Waals surface area contributed by atoms with Gasteiger partial charge in [0, 0.05) is 0 Å². The first-order valence-corrected chi connectivity index (χ1v) is 9.67. The molecule has 1 amide bonds. The second-order valence-corrected chi connectivity index (χ2v) is 7.19. The molecule has 0 aliphatic rings. The summed E-state index contributed by atoms with van der Waals surface area (Å²) in [5.74, 6) is 2.51. The molecule has 0 saturated carbocycles. The van der Waals surface area contributed by atoms with Crippen LogP contribution in [-0.2, 0) is 30.6 Å². The molecule has 4 heteroatoms. The van der Waals surface area contributed by atoms with Crippen LogP contribution in [-0.4, -0.2) is 10.5 Å². The van der Waals surface area contributed by atoms with E-state index in [-0.39, 0.29) is 5.91 Å². The van der Waals surface area contributed by atoms with Crippen molar-refractivity contribution in [3.63, 3.8) is 0 Å². The average Bonchev–Trinajstić information content (AvgIpc) is 2.98. The molecule has 0 atom stereocenters. The Morgan fingerprint density at radius 3 is 2.38 bits per heavy atom. The van der Waals surface area contributed by atoms with Gasteiger partial charge in [-0.2, -0.15) is 4.99 Å². The zero-order valence-electron chi connectivity index (χ0n) is 15.2. The van der Waals surface area contributed by atoms with Crippen molar-refractivity contribution in [2.75, 3.05) is 0 Å². The molecule has 1 aromatic heterocycles. The molecule has 0 bridgehead atoms. The first-order chi connectivity index (χ1) is 12.6. The van der Waals surface area contributed by atoms with Crippen LogP contribution in [0.3, 0.4) is 0 Å². The Balaban J connectivity index is 1.95. The second kappa shape index (κ2) is 8.16. The Morgan fingerprint density at radius 2 is 1.73 bits per heavy atom. The molecule has 0 N–H and O–H groups in total. The molecule has 1 heterocycles. The standard InChI is InChI=1S/C22H22N2OS/c1-4-13-24-19-12-11-17(6-3)14-20(19)26-22(24)23-21(25)15-18-9-7-16(5-2)8-10-18/h1,7-12,14H,5-6,13,15H2,2-3H3. The van der Waals surface area contributed by atoms with E-state index in [0.29, 0.717) is 17.8 Å². The summed E-state index contributed by atoms with van der Waals surface area (Å²) in [6, 6.07) is 14.4. The van der Waals surface area contributed by atoms with E-state index in [1.54, 1.807) is 0 Å². The van der Waals surface area contributed by atoms with E-state index in [4.69, 9.17) is 6.42 Å². The monoisotopic (exact) mass is 362 g/mol. The van der Waals surface area contributed by atoms with Gasteiger partial charge in [0.25, 0.3) is 5.91 Å². The minimum absolute atomic E-state index is 0.151. The van der Waals surface area contributed by atoms with Gasteiger partial charge in [-0.25, -0.2) is 0 Å². The average molecular weight is 362 g/mol. The van der Waals surface area contributed by atoms with Crippen LogP contribution in [0.2, 0.25) is 0 Å². The van der Waals surface area contributed by atoms with Crippen LogP contribution < -0.4 is 4.80 Å². The van der Waals surface area contributed by atoms with Gasteiger partial charge in [-0.1, -0.05) is 61.4 Å². The predicted molar refractivity (Wildman–Crippen MR) is 108 cm³/mol. The van der Waals surface area contributed by atoms with E-state index in [0.717, 1.165) is 28.6 Å². The van der Waals surface area contributed by atoms with Crippen molar-refractivity contribution in [3.8, 4) is 12.3 Å². The van der Waals surface area contributed by atoms with E-state index in [1.807, 2.05) is 16.7 Å². The first kappa shape index (κ1) is 18.2. The summed E-state index contributed by atoms with van der Waals surface area (Å²) in [5, 5.41) is 0. The van der Waals surface area contributed by atoms with Crippen molar-refractivity contribution in [2.45, 2.75) is 39.7 Å². The molecule has 3 nitrogen and oxygen atoms in total. The first-order valence-electron chi connectivity index (χ1n) is 8.85. The smallest absolute Gasteiger partial charge is 0.252 e. The van der Waals surface area contributed by atoms with Crippen LogP contribution in [0.1, 0.15) is 30.5 Å². The maximum atomic E-state index is 12.5. The van der Waals surface area contributed by atoms with Crippen molar-refractivity contribution >= 4 is 27.5 Å². The van der Waals surface area contributed by atoms with Crippen molar-refractivity contribution in [1.29, 1.82) is 0 Å². The van der Waals surface area contributed by atoms with E-state index in [1.165, 1.54) is 22.5 Å². The zero-order chi connectivity index (χ0) is 18.5. The Morgan fingerprint density at radius 1 is 1.08 bits per heavy atom. The zero-order valence-corrected chi connectivity index (χ0v) is 16.0. The number of fused-ring (bicyclic) bond motifs is 1. The molecule has 0 fully saturated rings. The van der Waals surface area contributed by atoms with Crippen LogP contribution in [0, 0.1) is 12.3 Å². The molecule has 0 radical (unpaired) electrons. The number of nitrogens with zero attached hydrogens (tertiary/aromatic N) is 2. The summed E-state index contributed by atoms with van der Waals surface area (Å²) in [6.45, 7) is 4.65. The SMILES string of the molecule is C#CCn1c(=NC(=O)Cc2ccc(CC)cc2)sc2cc(CC)ccc21. The largest absolute Gasteiger partial charge is 0.305 e. The van der Waals surface area contributed by atoms with Gasteiger partial charge in [0.2, 0.25) is 0 Å². The summed E-state index contributed by atoms with van der Waals surface area (Å²) < 4.78 is 3.05. The third kappa shape index (κ3) is 3.95. The normalized spacial score (nSPS) is 11.7. The summed E-state index contributed by atoms with van der Waals surface area (Å²) in [7, 11) is 0. The van der Waals surface area contributed by atoms with E-state index >= 15 is 0 Å². The van der Waals surface area contributed by atoms with Gasteiger partial charge in [0.1, 0.15) is 0 Å². The Bertz CT molecular complexity index is 1030. The minimum Gasteiger partial charge on any atom is -0.305 e. The molecule has 0 unspecified atom stereocenters. The Labute approximate surface area is 158 Å². The molecule has 0 aliphatic carbocycles. The molecule has 0 aliphatic heterocycles. The molecule has 0 spiro atoms. The van der Waals surface area contributed by atoms with E-state index in [2.05, 4.69) is 55.1 Å². The number of benzene rings is 2.